The molecule has 36 heavy (non-hydrogen) atoms. The van der Waals surface area contributed by atoms with Crippen LogP contribution in [0.4, 0.5) is 5.69 Å². The second-order valence-corrected chi connectivity index (χ2v) is 12.2. The normalized spacial score (nSPS) is 11.5. The van der Waals surface area contributed by atoms with E-state index < -0.39 is 10.0 Å². The number of hydrogen-bond acceptors (Lipinski definition) is 3. The summed E-state index contributed by atoms with van der Waals surface area (Å²) in [5.41, 5.74) is 2.54. The Morgan fingerprint density at radius 2 is 1.69 bits per heavy atom. The van der Waals surface area contributed by atoms with E-state index in [4.69, 9.17) is 23.2 Å². The molecule has 3 rings (SSSR count). The first-order valence-corrected chi connectivity index (χ1v) is 14.7. The number of aryl methyl sites for hydroxylation is 1. The first-order valence-electron chi connectivity index (χ1n) is 11.7. The van der Waals surface area contributed by atoms with Crippen LogP contribution in [0.3, 0.4) is 0 Å². The fourth-order valence-electron chi connectivity index (χ4n) is 3.71. The van der Waals surface area contributed by atoms with E-state index in [0.29, 0.717) is 12.2 Å². The highest BCUT2D eigenvalue weighted by Gasteiger charge is 2.26. The molecule has 0 fully saturated rings. The van der Waals surface area contributed by atoms with Gasteiger partial charge in [0.2, 0.25) is 0 Å². The van der Waals surface area contributed by atoms with Crippen molar-refractivity contribution in [2.45, 2.75) is 57.5 Å². The summed E-state index contributed by atoms with van der Waals surface area (Å²) >= 11 is 16.1. The minimum absolute atomic E-state index is 0.0632. The number of hydrogen-bond donors (Lipinski definition) is 1. The van der Waals surface area contributed by atoms with Crippen LogP contribution in [-0.4, -0.2) is 25.3 Å². The lowest BCUT2D eigenvalue weighted by molar-refractivity contribution is 0.0690. The van der Waals surface area contributed by atoms with Crippen molar-refractivity contribution in [3.8, 4) is 0 Å². The van der Waals surface area contributed by atoms with Gasteiger partial charge in [0.05, 0.1) is 15.6 Å². The predicted octanol–water partition coefficient (Wildman–Crippen LogP) is 7.95. The van der Waals surface area contributed by atoms with Gasteiger partial charge in [-0.15, -0.1) is 0 Å². The molecule has 0 aliphatic heterocycles. The monoisotopic (exact) mass is 610 g/mol. The summed E-state index contributed by atoms with van der Waals surface area (Å²) in [5.74, 6) is -0.386. The summed E-state index contributed by atoms with van der Waals surface area (Å²) in [6.07, 6.45) is 3.09. The Bertz CT molecular complexity index is 1330. The topological polar surface area (TPSA) is 66.5 Å². The molecule has 1 amide bonds. The van der Waals surface area contributed by atoms with Gasteiger partial charge in [-0.05, 0) is 74.2 Å². The smallest absolute Gasteiger partial charge is 0.263 e. The number of unbranched alkanes of at least 4 members (excludes halogenated alkanes) is 1. The Balaban J connectivity index is 1.90. The molecule has 3 aromatic carbocycles. The molecule has 0 aliphatic carbocycles. The Labute approximate surface area is 232 Å². The average molecular weight is 612 g/mol. The van der Waals surface area contributed by atoms with Crippen molar-refractivity contribution < 1.29 is 13.2 Å². The summed E-state index contributed by atoms with van der Waals surface area (Å²) < 4.78 is 29.9. The van der Waals surface area contributed by atoms with E-state index in [1.807, 2.05) is 50.2 Å². The molecule has 0 aliphatic rings. The van der Waals surface area contributed by atoms with Crippen molar-refractivity contribution >= 4 is 60.7 Å². The average Bonchev–Trinajstić information content (AvgIpc) is 2.81. The van der Waals surface area contributed by atoms with Crippen molar-refractivity contribution in [1.82, 2.24) is 4.90 Å². The zero-order valence-electron chi connectivity index (χ0n) is 20.4. The Hall–Kier alpha value is -2.06. The molecule has 0 bridgehead atoms. The molecule has 0 atom stereocenters. The number of rotatable bonds is 10. The van der Waals surface area contributed by atoms with Crippen molar-refractivity contribution in [3.05, 3.63) is 91.9 Å². The molecule has 0 aromatic heterocycles. The molecule has 3 aromatic rings. The van der Waals surface area contributed by atoms with E-state index in [2.05, 4.69) is 27.6 Å². The fourth-order valence-corrected chi connectivity index (χ4v) is 6.07. The van der Waals surface area contributed by atoms with Gasteiger partial charge < -0.3 is 4.90 Å². The summed E-state index contributed by atoms with van der Waals surface area (Å²) in [6, 6.07) is 17.3. The number of halogens is 3. The van der Waals surface area contributed by atoms with Gasteiger partial charge in [0.1, 0.15) is 4.90 Å². The predicted molar refractivity (Wildman–Crippen MR) is 151 cm³/mol. The van der Waals surface area contributed by atoms with Crippen LogP contribution in [0, 0.1) is 0 Å². The van der Waals surface area contributed by atoms with Gasteiger partial charge in [-0.25, -0.2) is 8.42 Å². The van der Waals surface area contributed by atoms with Gasteiger partial charge in [0.15, 0.2) is 0 Å². The summed E-state index contributed by atoms with van der Waals surface area (Å²) in [4.78, 5) is 15.0. The van der Waals surface area contributed by atoms with E-state index >= 15 is 0 Å². The molecule has 0 saturated carbocycles. The molecule has 9 heteroatoms. The third-order valence-corrected chi connectivity index (χ3v) is 8.34. The van der Waals surface area contributed by atoms with Crippen molar-refractivity contribution in [3.63, 3.8) is 0 Å². The second kappa shape index (κ2) is 12.5. The number of carbonyl (C=O) groups is 1. The van der Waals surface area contributed by atoms with E-state index in [0.717, 1.165) is 34.9 Å². The lowest BCUT2D eigenvalue weighted by Gasteiger charge is -2.28. The van der Waals surface area contributed by atoms with Gasteiger partial charge in [0, 0.05) is 22.7 Å². The first kappa shape index (κ1) is 28.5. The molecular formula is C27H29BrCl2N2O3S. The third kappa shape index (κ3) is 7.25. The van der Waals surface area contributed by atoms with Crippen LogP contribution in [-0.2, 0) is 23.0 Å². The molecule has 0 unspecified atom stereocenters. The molecule has 0 heterocycles. The number of carbonyl (C=O) groups excluding carboxylic acids is 1. The van der Waals surface area contributed by atoms with Gasteiger partial charge in [-0.3, -0.25) is 9.52 Å². The van der Waals surface area contributed by atoms with Gasteiger partial charge >= 0.3 is 0 Å². The van der Waals surface area contributed by atoms with Crippen LogP contribution in [0.5, 0.6) is 0 Å². The second-order valence-electron chi connectivity index (χ2n) is 8.83. The van der Waals surface area contributed by atoms with Crippen molar-refractivity contribution in [1.29, 1.82) is 0 Å². The lowest BCUT2D eigenvalue weighted by atomic mass is 10.1. The van der Waals surface area contributed by atoms with Crippen LogP contribution < -0.4 is 4.72 Å². The summed E-state index contributed by atoms with van der Waals surface area (Å²) in [6.45, 7) is 6.24. The quantitative estimate of drug-likeness (QED) is 0.253. The van der Waals surface area contributed by atoms with E-state index in [-0.39, 0.29) is 32.5 Å². The van der Waals surface area contributed by atoms with Crippen LogP contribution >= 0.6 is 39.1 Å². The number of benzene rings is 3. The molecule has 0 saturated heterocycles. The maximum Gasteiger partial charge on any atom is 0.263 e. The minimum Gasteiger partial charge on any atom is -0.332 e. The molecular weight excluding hydrogens is 583 g/mol. The zero-order chi connectivity index (χ0) is 26.5. The first-order chi connectivity index (χ1) is 17.0. The molecule has 0 spiro atoms. The van der Waals surface area contributed by atoms with Crippen molar-refractivity contribution in [2.75, 3.05) is 4.72 Å². The van der Waals surface area contributed by atoms with Crippen molar-refractivity contribution in [2.24, 2.45) is 0 Å². The minimum atomic E-state index is -4.07. The Morgan fingerprint density at radius 1 is 1.00 bits per heavy atom. The maximum absolute atomic E-state index is 13.5. The zero-order valence-corrected chi connectivity index (χ0v) is 24.3. The summed E-state index contributed by atoms with van der Waals surface area (Å²) in [7, 11) is -4.07. The standard InChI is InChI=1S/C27H29BrCl2N2O3S/c1-4-5-7-19-10-12-22(13-11-19)31-36(34,35)26-15-23(24(29)16-25(26)30)27(33)32(18(2)3)17-20-8-6-9-21(28)14-20/h6,8-16,18,31H,4-5,7,17H2,1-3H3. The molecule has 1 N–H and O–H groups in total. The molecule has 0 radical (unpaired) electrons. The Morgan fingerprint density at radius 3 is 2.31 bits per heavy atom. The lowest BCUT2D eigenvalue weighted by Crippen LogP contribution is -2.36. The highest BCUT2D eigenvalue weighted by Crippen LogP contribution is 2.31. The van der Waals surface area contributed by atoms with Crippen LogP contribution in [0.25, 0.3) is 0 Å². The number of nitrogens with zero attached hydrogens (tertiary/aromatic N) is 1. The van der Waals surface area contributed by atoms with Gasteiger partial charge in [0.25, 0.3) is 15.9 Å². The maximum atomic E-state index is 13.5. The molecule has 5 nitrogen and oxygen atoms in total. The molecule has 192 valence electrons. The number of nitrogens with one attached hydrogen (secondary N) is 1. The number of anilines is 1. The van der Waals surface area contributed by atoms with Crippen LogP contribution in [0.1, 0.15) is 55.1 Å². The highest BCUT2D eigenvalue weighted by atomic mass is 79.9. The SMILES string of the molecule is CCCCc1ccc(NS(=O)(=O)c2cc(C(=O)N(Cc3cccc(Br)c3)C(C)C)c(Cl)cc2Cl)cc1. The van der Waals surface area contributed by atoms with E-state index in [9.17, 15) is 13.2 Å². The van der Waals surface area contributed by atoms with E-state index in [1.54, 1.807) is 17.0 Å². The van der Waals surface area contributed by atoms with Gasteiger partial charge in [-0.1, -0.05) is 76.7 Å². The highest BCUT2D eigenvalue weighted by molar-refractivity contribution is 9.10. The third-order valence-electron chi connectivity index (χ3n) is 5.69. The number of sulfonamides is 1. The fraction of sp³-hybridized carbons (Fsp3) is 0.296. The number of amides is 1. The van der Waals surface area contributed by atoms with E-state index in [1.165, 1.54) is 12.1 Å². The summed E-state index contributed by atoms with van der Waals surface area (Å²) in [5, 5.41) is 0.0239. The van der Waals surface area contributed by atoms with Crippen LogP contribution in [0.15, 0.2) is 70.0 Å². The van der Waals surface area contributed by atoms with Gasteiger partial charge in [-0.2, -0.15) is 0 Å². The largest absolute Gasteiger partial charge is 0.332 e. The Kier molecular flexibility index (Phi) is 9.86. The van der Waals surface area contributed by atoms with Crippen LogP contribution in [0.2, 0.25) is 10.0 Å².